The number of methoxy groups -OCH3 is 1. The fourth-order valence-electron chi connectivity index (χ4n) is 1.56. The first-order chi connectivity index (χ1) is 9.22. The Morgan fingerprint density at radius 2 is 2.16 bits per heavy atom. The molecule has 1 aromatic rings. The summed E-state index contributed by atoms with van der Waals surface area (Å²) in [4.78, 5) is 22.1. The van der Waals surface area contributed by atoms with Crippen LogP contribution < -0.4 is 9.47 Å². The summed E-state index contributed by atoms with van der Waals surface area (Å²) in [6.07, 6.45) is 1.53. The monoisotopic (exact) mass is 266 g/mol. The van der Waals surface area contributed by atoms with Gasteiger partial charge in [0.05, 0.1) is 25.9 Å². The van der Waals surface area contributed by atoms with Gasteiger partial charge in [-0.05, 0) is 25.5 Å². The van der Waals surface area contributed by atoms with Crippen LogP contribution in [0.3, 0.4) is 0 Å². The maximum Gasteiger partial charge on any atom is 0.305 e. The van der Waals surface area contributed by atoms with Crippen molar-refractivity contribution >= 4 is 12.3 Å². The number of para-hydroxylation sites is 1. The van der Waals surface area contributed by atoms with Gasteiger partial charge in [-0.2, -0.15) is 0 Å². The van der Waals surface area contributed by atoms with Gasteiger partial charge in [-0.15, -0.1) is 0 Å². The van der Waals surface area contributed by atoms with Crippen molar-refractivity contribution in [1.82, 2.24) is 0 Å². The van der Waals surface area contributed by atoms with Gasteiger partial charge in [0, 0.05) is 6.42 Å². The van der Waals surface area contributed by atoms with Gasteiger partial charge >= 0.3 is 5.97 Å². The van der Waals surface area contributed by atoms with Crippen LogP contribution in [0.25, 0.3) is 0 Å². The molecular formula is C14H18O5. The predicted molar refractivity (Wildman–Crippen MR) is 69.7 cm³/mol. The van der Waals surface area contributed by atoms with Gasteiger partial charge in [-0.3, -0.25) is 9.59 Å². The molecule has 0 bridgehead atoms. The van der Waals surface area contributed by atoms with Gasteiger partial charge in [0.2, 0.25) is 0 Å². The van der Waals surface area contributed by atoms with E-state index < -0.39 is 0 Å². The highest BCUT2D eigenvalue weighted by molar-refractivity contribution is 5.81. The third-order valence-electron chi connectivity index (χ3n) is 2.43. The molecule has 0 N–H and O–H groups in total. The third-order valence-corrected chi connectivity index (χ3v) is 2.43. The molecule has 0 radical (unpaired) electrons. The number of esters is 1. The second-order valence-corrected chi connectivity index (χ2v) is 3.75. The maximum absolute atomic E-state index is 11.1. The van der Waals surface area contributed by atoms with Crippen molar-refractivity contribution in [1.29, 1.82) is 0 Å². The molecule has 0 aliphatic carbocycles. The smallest absolute Gasteiger partial charge is 0.305 e. The van der Waals surface area contributed by atoms with Crippen molar-refractivity contribution in [3.05, 3.63) is 23.8 Å². The van der Waals surface area contributed by atoms with Crippen molar-refractivity contribution in [3.63, 3.8) is 0 Å². The molecule has 0 spiro atoms. The van der Waals surface area contributed by atoms with Crippen molar-refractivity contribution in [3.8, 4) is 11.5 Å². The number of benzene rings is 1. The van der Waals surface area contributed by atoms with Gasteiger partial charge < -0.3 is 14.2 Å². The Morgan fingerprint density at radius 1 is 1.37 bits per heavy atom. The van der Waals surface area contributed by atoms with Crippen molar-refractivity contribution in [2.24, 2.45) is 0 Å². The number of hydrogen-bond donors (Lipinski definition) is 0. The van der Waals surface area contributed by atoms with Gasteiger partial charge in [0.15, 0.2) is 17.8 Å². The normalized spacial score (nSPS) is 9.79. The number of hydrogen-bond acceptors (Lipinski definition) is 5. The molecule has 0 aliphatic rings. The number of rotatable bonds is 8. The minimum absolute atomic E-state index is 0.248. The van der Waals surface area contributed by atoms with E-state index in [9.17, 15) is 9.59 Å². The van der Waals surface area contributed by atoms with Crippen molar-refractivity contribution in [2.45, 2.75) is 19.8 Å². The largest absolute Gasteiger partial charge is 0.493 e. The summed E-state index contributed by atoms with van der Waals surface area (Å²) >= 11 is 0. The Labute approximate surface area is 112 Å². The molecule has 104 valence electrons. The summed E-state index contributed by atoms with van der Waals surface area (Å²) < 4.78 is 15.5. The van der Waals surface area contributed by atoms with E-state index in [0.717, 1.165) is 0 Å². The van der Waals surface area contributed by atoms with E-state index in [0.29, 0.717) is 49.4 Å². The predicted octanol–water partition coefficient (Wildman–Crippen LogP) is 2.23. The number of ether oxygens (including phenoxy) is 3. The van der Waals surface area contributed by atoms with E-state index in [4.69, 9.17) is 14.2 Å². The third kappa shape index (κ3) is 4.62. The fourth-order valence-corrected chi connectivity index (χ4v) is 1.56. The van der Waals surface area contributed by atoms with Crippen LogP contribution in [0.15, 0.2) is 18.2 Å². The molecule has 5 heteroatoms. The summed E-state index contributed by atoms with van der Waals surface area (Å²) in [6, 6.07) is 5.08. The van der Waals surface area contributed by atoms with Crippen LogP contribution in [-0.4, -0.2) is 32.6 Å². The highest BCUT2D eigenvalue weighted by Crippen LogP contribution is 2.30. The topological polar surface area (TPSA) is 61.8 Å². The molecule has 0 amide bonds. The summed E-state index contributed by atoms with van der Waals surface area (Å²) in [5.74, 6) is 0.659. The molecule has 1 aromatic carbocycles. The Morgan fingerprint density at radius 3 is 2.79 bits per heavy atom. The van der Waals surface area contributed by atoms with Crippen LogP contribution in [0.5, 0.6) is 11.5 Å². The highest BCUT2D eigenvalue weighted by atomic mass is 16.5. The van der Waals surface area contributed by atoms with Gasteiger partial charge in [0.25, 0.3) is 0 Å². The molecule has 0 saturated carbocycles. The fraction of sp³-hybridized carbons (Fsp3) is 0.429. The van der Waals surface area contributed by atoms with E-state index in [1.807, 2.05) is 0 Å². The van der Waals surface area contributed by atoms with Crippen LogP contribution in [0.2, 0.25) is 0 Å². The van der Waals surface area contributed by atoms with Gasteiger partial charge in [0.1, 0.15) is 0 Å². The zero-order chi connectivity index (χ0) is 14.1. The number of carbonyl (C=O) groups is 2. The molecule has 0 aliphatic heterocycles. The summed E-state index contributed by atoms with van der Waals surface area (Å²) in [6.45, 7) is 2.46. The second-order valence-electron chi connectivity index (χ2n) is 3.75. The quantitative estimate of drug-likeness (QED) is 0.410. The lowest BCUT2D eigenvalue weighted by Crippen LogP contribution is -2.07. The van der Waals surface area contributed by atoms with Gasteiger partial charge in [-0.1, -0.05) is 6.07 Å². The minimum atomic E-state index is -0.248. The summed E-state index contributed by atoms with van der Waals surface area (Å²) in [7, 11) is 1.51. The first-order valence-corrected chi connectivity index (χ1v) is 6.13. The molecule has 0 fully saturated rings. The van der Waals surface area contributed by atoms with Crippen LogP contribution in [0.4, 0.5) is 0 Å². The Kier molecular flexibility index (Phi) is 6.43. The van der Waals surface area contributed by atoms with Crippen LogP contribution >= 0.6 is 0 Å². The molecular weight excluding hydrogens is 248 g/mol. The zero-order valence-electron chi connectivity index (χ0n) is 11.2. The van der Waals surface area contributed by atoms with Crippen LogP contribution in [-0.2, 0) is 9.53 Å². The first-order valence-electron chi connectivity index (χ1n) is 6.13. The number of aldehydes is 1. The van der Waals surface area contributed by atoms with E-state index in [2.05, 4.69) is 0 Å². The molecule has 0 heterocycles. The second kappa shape index (κ2) is 8.13. The molecule has 0 atom stereocenters. The lowest BCUT2D eigenvalue weighted by atomic mass is 10.2. The molecule has 1 rings (SSSR count). The number of carbonyl (C=O) groups excluding carboxylic acids is 2. The van der Waals surface area contributed by atoms with E-state index in [1.54, 1.807) is 25.1 Å². The average Bonchev–Trinajstić information content (AvgIpc) is 2.43. The average molecular weight is 266 g/mol. The molecule has 5 nitrogen and oxygen atoms in total. The van der Waals surface area contributed by atoms with Crippen LogP contribution in [0, 0.1) is 0 Å². The van der Waals surface area contributed by atoms with E-state index in [-0.39, 0.29) is 5.97 Å². The van der Waals surface area contributed by atoms with Crippen LogP contribution in [0.1, 0.15) is 30.1 Å². The molecule has 0 saturated heterocycles. The minimum Gasteiger partial charge on any atom is -0.493 e. The molecule has 19 heavy (non-hydrogen) atoms. The standard InChI is InChI=1S/C14H18O5/c1-3-18-13(16)8-5-9-19-14-11(10-15)6-4-7-12(14)17-2/h4,6-7,10H,3,5,8-9H2,1-2H3. The first kappa shape index (κ1) is 15.0. The molecule has 0 aromatic heterocycles. The van der Waals surface area contributed by atoms with Gasteiger partial charge in [-0.25, -0.2) is 0 Å². The zero-order valence-corrected chi connectivity index (χ0v) is 11.2. The lowest BCUT2D eigenvalue weighted by Gasteiger charge is -2.12. The lowest BCUT2D eigenvalue weighted by molar-refractivity contribution is -0.143. The van der Waals surface area contributed by atoms with E-state index >= 15 is 0 Å². The summed E-state index contributed by atoms with van der Waals surface area (Å²) in [5, 5.41) is 0. The van der Waals surface area contributed by atoms with Crippen molar-refractivity contribution in [2.75, 3.05) is 20.3 Å². The highest BCUT2D eigenvalue weighted by Gasteiger charge is 2.10. The van der Waals surface area contributed by atoms with E-state index in [1.165, 1.54) is 7.11 Å². The Hall–Kier alpha value is -2.04. The van der Waals surface area contributed by atoms with Crippen molar-refractivity contribution < 1.29 is 23.8 Å². The maximum atomic E-state index is 11.1. The molecule has 0 unspecified atom stereocenters. The Balaban J connectivity index is 2.52. The SMILES string of the molecule is CCOC(=O)CCCOc1c(C=O)cccc1OC. The Bertz CT molecular complexity index is 428. The summed E-state index contributed by atoms with van der Waals surface area (Å²) in [5.41, 5.74) is 0.426.